The molecule has 0 amide bonds. The lowest BCUT2D eigenvalue weighted by atomic mass is 10.1. The Hall–Kier alpha value is -1.82. The minimum absolute atomic E-state index is 0.0853. The minimum atomic E-state index is -1.14. The molecule has 0 aliphatic carbocycles. The molecule has 6 heteroatoms. The van der Waals surface area contributed by atoms with Crippen LogP contribution in [0.5, 0.6) is 0 Å². The van der Waals surface area contributed by atoms with Crippen molar-refractivity contribution in [2.45, 2.75) is 6.42 Å². The van der Waals surface area contributed by atoms with Gasteiger partial charge in [0.05, 0.1) is 5.69 Å². The molecule has 0 saturated heterocycles. The lowest BCUT2D eigenvalue weighted by Gasteiger charge is -2.00. The largest absolute Gasteiger partial charge is 0.477 e. The summed E-state index contributed by atoms with van der Waals surface area (Å²) in [5.41, 5.74) is 0.711. The predicted molar refractivity (Wildman–Crippen MR) is 65.3 cm³/mol. The molecule has 17 heavy (non-hydrogen) atoms. The highest BCUT2D eigenvalue weighted by atomic mass is 79.9. The van der Waals surface area contributed by atoms with Gasteiger partial charge < -0.3 is 10.1 Å². The molecule has 0 radical (unpaired) electrons. The van der Waals surface area contributed by atoms with Gasteiger partial charge in [-0.15, -0.1) is 0 Å². The second-order valence-electron chi connectivity index (χ2n) is 3.54. The van der Waals surface area contributed by atoms with E-state index in [0.717, 1.165) is 10.0 Å². The van der Waals surface area contributed by atoms with Crippen LogP contribution < -0.4 is 5.69 Å². The summed E-state index contributed by atoms with van der Waals surface area (Å²) in [6.45, 7) is 0. The van der Waals surface area contributed by atoms with Crippen LogP contribution in [-0.2, 0) is 6.42 Å². The van der Waals surface area contributed by atoms with E-state index in [9.17, 15) is 9.59 Å². The Balaban J connectivity index is 2.32. The van der Waals surface area contributed by atoms with Crippen LogP contribution in [-0.4, -0.2) is 21.0 Å². The SMILES string of the molecule is O=C(O)c1[nH]c(=O)[nH]c1Cc1ccc(Br)cc1. The van der Waals surface area contributed by atoms with Gasteiger partial charge in [0, 0.05) is 10.9 Å². The van der Waals surface area contributed by atoms with Gasteiger partial charge in [-0.1, -0.05) is 28.1 Å². The summed E-state index contributed by atoms with van der Waals surface area (Å²) in [7, 11) is 0. The van der Waals surface area contributed by atoms with Gasteiger partial charge in [-0.25, -0.2) is 9.59 Å². The molecule has 0 spiro atoms. The number of aromatic nitrogens is 2. The molecule has 0 atom stereocenters. The molecule has 0 unspecified atom stereocenters. The fraction of sp³-hybridized carbons (Fsp3) is 0.0909. The number of carboxylic acid groups (broad SMARTS) is 1. The highest BCUT2D eigenvalue weighted by Gasteiger charge is 2.14. The molecule has 1 aromatic heterocycles. The van der Waals surface area contributed by atoms with Gasteiger partial charge in [-0.2, -0.15) is 0 Å². The maximum absolute atomic E-state index is 11.1. The van der Waals surface area contributed by atoms with Crippen molar-refractivity contribution in [3.05, 3.63) is 56.2 Å². The number of benzene rings is 1. The van der Waals surface area contributed by atoms with Gasteiger partial charge in [0.25, 0.3) is 0 Å². The summed E-state index contributed by atoms with van der Waals surface area (Å²) in [5.74, 6) is -1.14. The van der Waals surface area contributed by atoms with Crippen LogP contribution in [0.2, 0.25) is 0 Å². The van der Waals surface area contributed by atoms with Gasteiger partial charge in [0.15, 0.2) is 0 Å². The lowest BCUT2D eigenvalue weighted by molar-refractivity contribution is 0.0690. The zero-order chi connectivity index (χ0) is 12.4. The highest BCUT2D eigenvalue weighted by molar-refractivity contribution is 9.10. The van der Waals surface area contributed by atoms with E-state index in [0.29, 0.717) is 12.1 Å². The average Bonchev–Trinajstić information content (AvgIpc) is 2.63. The molecule has 0 aliphatic heterocycles. The molecule has 0 fully saturated rings. The Labute approximate surface area is 105 Å². The molecule has 5 nitrogen and oxygen atoms in total. The third-order valence-electron chi connectivity index (χ3n) is 2.31. The highest BCUT2D eigenvalue weighted by Crippen LogP contribution is 2.14. The summed E-state index contributed by atoms with van der Waals surface area (Å²) in [6, 6.07) is 7.45. The first-order valence-electron chi connectivity index (χ1n) is 4.85. The molecule has 1 aromatic carbocycles. The van der Waals surface area contributed by atoms with Crippen molar-refractivity contribution in [2.24, 2.45) is 0 Å². The van der Waals surface area contributed by atoms with E-state index in [1.54, 1.807) is 0 Å². The Morgan fingerprint density at radius 3 is 2.47 bits per heavy atom. The number of rotatable bonds is 3. The topological polar surface area (TPSA) is 85.9 Å². The molecule has 3 N–H and O–H groups in total. The van der Waals surface area contributed by atoms with Crippen LogP contribution in [0, 0.1) is 0 Å². The van der Waals surface area contributed by atoms with Gasteiger partial charge in [0.1, 0.15) is 5.69 Å². The molecule has 88 valence electrons. The number of carboxylic acids is 1. The van der Waals surface area contributed by atoms with Crippen molar-refractivity contribution in [1.82, 2.24) is 9.97 Å². The molecular formula is C11H9BrN2O3. The van der Waals surface area contributed by atoms with E-state index in [-0.39, 0.29) is 5.69 Å². The maximum Gasteiger partial charge on any atom is 0.354 e. The minimum Gasteiger partial charge on any atom is -0.477 e. The Bertz CT molecular complexity index is 598. The van der Waals surface area contributed by atoms with E-state index in [1.807, 2.05) is 24.3 Å². The Morgan fingerprint density at radius 2 is 1.88 bits per heavy atom. The average molecular weight is 297 g/mol. The van der Waals surface area contributed by atoms with Crippen LogP contribution in [0.3, 0.4) is 0 Å². The number of aromatic carboxylic acids is 1. The number of aromatic amines is 2. The first kappa shape index (κ1) is 11.7. The molecule has 0 aliphatic rings. The second-order valence-corrected chi connectivity index (χ2v) is 4.46. The molecular weight excluding hydrogens is 288 g/mol. The first-order valence-corrected chi connectivity index (χ1v) is 5.64. The van der Waals surface area contributed by atoms with Crippen molar-refractivity contribution in [3.63, 3.8) is 0 Å². The summed E-state index contributed by atoms with van der Waals surface area (Å²) >= 11 is 3.31. The van der Waals surface area contributed by atoms with Gasteiger partial charge in [-0.05, 0) is 17.7 Å². The lowest BCUT2D eigenvalue weighted by Crippen LogP contribution is -2.04. The summed E-state index contributed by atoms with van der Waals surface area (Å²) in [4.78, 5) is 26.7. The second kappa shape index (κ2) is 4.58. The zero-order valence-electron chi connectivity index (χ0n) is 8.66. The number of nitrogens with one attached hydrogen (secondary N) is 2. The van der Waals surface area contributed by atoms with E-state index in [4.69, 9.17) is 5.11 Å². The van der Waals surface area contributed by atoms with E-state index < -0.39 is 11.7 Å². The Morgan fingerprint density at radius 1 is 1.24 bits per heavy atom. The molecule has 0 bridgehead atoms. The fourth-order valence-electron chi connectivity index (χ4n) is 1.54. The number of H-pyrrole nitrogens is 2. The van der Waals surface area contributed by atoms with Crippen molar-refractivity contribution in [1.29, 1.82) is 0 Å². The van der Waals surface area contributed by atoms with Crippen LogP contribution in [0.1, 0.15) is 21.7 Å². The van der Waals surface area contributed by atoms with Gasteiger partial charge in [-0.3, -0.25) is 4.98 Å². The first-order chi connectivity index (χ1) is 8.06. The number of imidazole rings is 1. The maximum atomic E-state index is 11.1. The molecule has 2 aromatic rings. The van der Waals surface area contributed by atoms with E-state index in [1.165, 1.54) is 0 Å². The molecule has 1 heterocycles. The third kappa shape index (κ3) is 2.65. The number of halogens is 1. The molecule has 2 rings (SSSR count). The standard InChI is InChI=1S/C11H9BrN2O3/c12-7-3-1-6(2-4-7)5-8-9(10(15)16)14-11(17)13-8/h1-4H,5H2,(H,15,16)(H2,13,14,17). The summed E-state index contributed by atoms with van der Waals surface area (Å²) in [5, 5.41) is 8.90. The van der Waals surface area contributed by atoms with Crippen molar-refractivity contribution in [3.8, 4) is 0 Å². The third-order valence-corrected chi connectivity index (χ3v) is 2.84. The van der Waals surface area contributed by atoms with Gasteiger partial charge >= 0.3 is 11.7 Å². The zero-order valence-corrected chi connectivity index (χ0v) is 10.2. The number of carbonyl (C=O) groups is 1. The van der Waals surface area contributed by atoms with E-state index >= 15 is 0 Å². The smallest absolute Gasteiger partial charge is 0.354 e. The van der Waals surface area contributed by atoms with Gasteiger partial charge in [0.2, 0.25) is 0 Å². The van der Waals surface area contributed by atoms with E-state index in [2.05, 4.69) is 25.9 Å². The summed E-state index contributed by atoms with van der Waals surface area (Å²) in [6.07, 6.45) is 0.369. The Kier molecular flexibility index (Phi) is 3.14. The number of hydrogen-bond donors (Lipinski definition) is 3. The van der Waals surface area contributed by atoms with Crippen LogP contribution in [0.15, 0.2) is 33.5 Å². The van der Waals surface area contributed by atoms with Crippen molar-refractivity contribution < 1.29 is 9.90 Å². The fourth-order valence-corrected chi connectivity index (χ4v) is 1.81. The van der Waals surface area contributed by atoms with Crippen molar-refractivity contribution in [2.75, 3.05) is 0 Å². The summed E-state index contributed by atoms with van der Waals surface area (Å²) < 4.78 is 0.947. The molecule has 0 saturated carbocycles. The van der Waals surface area contributed by atoms with Crippen molar-refractivity contribution >= 4 is 21.9 Å². The van der Waals surface area contributed by atoms with Crippen LogP contribution in [0.25, 0.3) is 0 Å². The van der Waals surface area contributed by atoms with Crippen LogP contribution >= 0.6 is 15.9 Å². The number of hydrogen-bond acceptors (Lipinski definition) is 2. The normalized spacial score (nSPS) is 10.4. The monoisotopic (exact) mass is 296 g/mol. The quantitative estimate of drug-likeness (QED) is 0.806. The van der Waals surface area contributed by atoms with Crippen LogP contribution in [0.4, 0.5) is 0 Å². The predicted octanol–water partition coefficient (Wildman–Crippen LogP) is 1.75.